The van der Waals surface area contributed by atoms with Gasteiger partial charge in [0.05, 0.1) is 5.52 Å². The molecule has 0 aliphatic carbocycles. The third-order valence-corrected chi connectivity index (χ3v) is 4.79. The van der Waals surface area contributed by atoms with Gasteiger partial charge in [-0.3, -0.25) is 0 Å². The van der Waals surface area contributed by atoms with Crippen LogP contribution in [0, 0.1) is 0 Å². The van der Waals surface area contributed by atoms with Crippen molar-refractivity contribution in [3.05, 3.63) is 24.3 Å². The van der Waals surface area contributed by atoms with Gasteiger partial charge >= 0.3 is 5.97 Å². The molecule has 0 amide bonds. The molecule has 0 radical (unpaired) electrons. The highest BCUT2D eigenvalue weighted by atomic mass is 16.4. The molecule has 1 atom stereocenters. The number of rotatable bonds is 13. The molecule has 2 rings (SSSR count). The number of unbranched alkanes of at least 4 members (excludes halogenated alkanes) is 9. The highest BCUT2D eigenvalue weighted by Gasteiger charge is 2.22. The Balaban J connectivity index is 1.70. The minimum absolute atomic E-state index is 0.610. The Morgan fingerprint density at radius 2 is 1.60 bits per heavy atom. The van der Waals surface area contributed by atoms with E-state index in [-0.39, 0.29) is 0 Å². The van der Waals surface area contributed by atoms with E-state index in [2.05, 4.69) is 17.2 Å². The molecule has 25 heavy (non-hydrogen) atoms. The zero-order valence-electron chi connectivity index (χ0n) is 15.4. The number of benzene rings is 1. The van der Waals surface area contributed by atoms with E-state index in [0.717, 1.165) is 23.9 Å². The summed E-state index contributed by atoms with van der Waals surface area (Å²) < 4.78 is 1.56. The predicted molar refractivity (Wildman–Crippen MR) is 101 cm³/mol. The molecule has 0 aliphatic heterocycles. The normalized spacial score (nSPS) is 12.5. The number of hydrogen-bond acceptors (Lipinski definition) is 3. The van der Waals surface area contributed by atoms with Crippen LogP contribution in [-0.4, -0.2) is 26.1 Å². The van der Waals surface area contributed by atoms with Gasteiger partial charge in [-0.25, -0.2) is 9.48 Å². The lowest BCUT2D eigenvalue weighted by Gasteiger charge is -2.13. The van der Waals surface area contributed by atoms with Crippen LogP contribution in [0.25, 0.3) is 11.0 Å². The molecule has 138 valence electrons. The second kappa shape index (κ2) is 10.9. The number of para-hydroxylation sites is 1. The summed E-state index contributed by atoms with van der Waals surface area (Å²) in [6, 6.07) is 6.89. The van der Waals surface area contributed by atoms with E-state index in [0.29, 0.717) is 6.42 Å². The quantitative estimate of drug-likeness (QED) is 0.496. The molecule has 1 N–H and O–H groups in total. The van der Waals surface area contributed by atoms with Crippen LogP contribution in [0.3, 0.4) is 0 Å². The number of aromatic nitrogens is 3. The molecule has 1 aromatic heterocycles. The molecule has 0 aliphatic rings. The molecule has 5 nitrogen and oxygen atoms in total. The minimum atomic E-state index is -0.827. The Morgan fingerprint density at radius 1 is 1.00 bits per heavy atom. The average Bonchev–Trinajstić information content (AvgIpc) is 3.03. The van der Waals surface area contributed by atoms with Crippen LogP contribution in [0.4, 0.5) is 0 Å². The van der Waals surface area contributed by atoms with Gasteiger partial charge < -0.3 is 5.11 Å². The molecular formula is C20H31N3O2. The summed E-state index contributed by atoms with van der Waals surface area (Å²) in [5.41, 5.74) is 1.54. The van der Waals surface area contributed by atoms with Crippen molar-refractivity contribution in [1.29, 1.82) is 0 Å². The van der Waals surface area contributed by atoms with Gasteiger partial charge in [0.1, 0.15) is 5.52 Å². The first-order chi connectivity index (χ1) is 12.2. The van der Waals surface area contributed by atoms with Crippen molar-refractivity contribution >= 4 is 17.0 Å². The van der Waals surface area contributed by atoms with Gasteiger partial charge in [0.25, 0.3) is 0 Å². The Kier molecular flexibility index (Phi) is 8.43. The highest BCUT2D eigenvalue weighted by Crippen LogP contribution is 2.21. The van der Waals surface area contributed by atoms with Gasteiger partial charge in [0.2, 0.25) is 0 Å². The summed E-state index contributed by atoms with van der Waals surface area (Å²) in [5.74, 6) is -0.827. The number of nitrogens with zero attached hydrogens (tertiary/aromatic N) is 3. The maximum atomic E-state index is 11.6. The zero-order chi connectivity index (χ0) is 17.9. The Bertz CT molecular complexity index is 639. The number of carboxylic acid groups (broad SMARTS) is 1. The monoisotopic (exact) mass is 345 g/mol. The van der Waals surface area contributed by atoms with Crippen LogP contribution in [0.1, 0.15) is 83.6 Å². The molecule has 0 fully saturated rings. The number of carboxylic acids is 1. The Hall–Kier alpha value is -1.91. The van der Waals surface area contributed by atoms with E-state index in [9.17, 15) is 9.90 Å². The van der Waals surface area contributed by atoms with E-state index in [4.69, 9.17) is 0 Å². The SMILES string of the molecule is CCCCCCCCCCCCC(C(=O)O)n1nnc2ccccc21. The van der Waals surface area contributed by atoms with Crippen molar-refractivity contribution in [3.8, 4) is 0 Å². The topological polar surface area (TPSA) is 68.0 Å². The van der Waals surface area contributed by atoms with Crippen LogP contribution in [0.15, 0.2) is 24.3 Å². The lowest BCUT2D eigenvalue weighted by molar-refractivity contribution is -0.141. The van der Waals surface area contributed by atoms with Gasteiger partial charge in [-0.1, -0.05) is 88.5 Å². The molecule has 0 saturated carbocycles. The van der Waals surface area contributed by atoms with Crippen molar-refractivity contribution in [2.75, 3.05) is 0 Å². The number of aliphatic carboxylic acids is 1. The fraction of sp³-hybridized carbons (Fsp3) is 0.650. The molecule has 1 aromatic carbocycles. The van der Waals surface area contributed by atoms with Crippen molar-refractivity contribution in [2.45, 2.75) is 83.6 Å². The van der Waals surface area contributed by atoms with Crippen LogP contribution < -0.4 is 0 Å². The standard InChI is InChI=1S/C20H31N3O2/c1-2-3-4-5-6-7-8-9-10-11-16-19(20(24)25)23-18-15-13-12-14-17(18)21-22-23/h12-15,19H,2-11,16H2,1H3,(H,24,25). The van der Waals surface area contributed by atoms with Crippen LogP contribution >= 0.6 is 0 Å². The lowest BCUT2D eigenvalue weighted by Crippen LogP contribution is -2.20. The zero-order valence-corrected chi connectivity index (χ0v) is 15.4. The Morgan fingerprint density at radius 3 is 2.24 bits per heavy atom. The largest absolute Gasteiger partial charge is 0.480 e. The van der Waals surface area contributed by atoms with Crippen LogP contribution in [-0.2, 0) is 4.79 Å². The van der Waals surface area contributed by atoms with Crippen LogP contribution in [0.5, 0.6) is 0 Å². The molecule has 1 unspecified atom stereocenters. The smallest absolute Gasteiger partial charge is 0.328 e. The number of carbonyl (C=O) groups is 1. The Labute approximate surface area is 150 Å². The van der Waals surface area contributed by atoms with Crippen molar-refractivity contribution in [2.24, 2.45) is 0 Å². The van der Waals surface area contributed by atoms with Gasteiger partial charge in [-0.05, 0) is 18.6 Å². The number of hydrogen-bond donors (Lipinski definition) is 1. The number of fused-ring (bicyclic) bond motifs is 1. The van der Waals surface area contributed by atoms with Crippen LogP contribution in [0.2, 0.25) is 0 Å². The molecule has 2 aromatic rings. The maximum absolute atomic E-state index is 11.6. The first kappa shape index (κ1) is 19.4. The second-order valence-corrected chi connectivity index (χ2v) is 6.85. The lowest BCUT2D eigenvalue weighted by atomic mass is 10.0. The van der Waals surface area contributed by atoms with E-state index < -0.39 is 12.0 Å². The molecule has 0 saturated heterocycles. The minimum Gasteiger partial charge on any atom is -0.480 e. The summed E-state index contributed by atoms with van der Waals surface area (Å²) in [7, 11) is 0. The van der Waals surface area contributed by atoms with E-state index >= 15 is 0 Å². The van der Waals surface area contributed by atoms with Gasteiger partial charge in [0, 0.05) is 0 Å². The van der Waals surface area contributed by atoms with Crippen molar-refractivity contribution < 1.29 is 9.90 Å². The van der Waals surface area contributed by atoms with Crippen molar-refractivity contribution in [3.63, 3.8) is 0 Å². The average molecular weight is 345 g/mol. The molecule has 0 bridgehead atoms. The first-order valence-electron chi connectivity index (χ1n) is 9.76. The van der Waals surface area contributed by atoms with E-state index in [1.165, 1.54) is 51.4 Å². The summed E-state index contributed by atoms with van der Waals surface area (Å²) in [4.78, 5) is 11.6. The fourth-order valence-electron chi connectivity index (χ4n) is 3.29. The predicted octanol–water partition coefficient (Wildman–Crippen LogP) is 5.37. The highest BCUT2D eigenvalue weighted by molar-refractivity contribution is 5.78. The van der Waals surface area contributed by atoms with E-state index in [1.807, 2.05) is 24.3 Å². The van der Waals surface area contributed by atoms with Gasteiger partial charge in [-0.15, -0.1) is 5.10 Å². The third kappa shape index (κ3) is 6.15. The molecule has 1 heterocycles. The summed E-state index contributed by atoms with van der Waals surface area (Å²) in [6.07, 6.45) is 13.1. The van der Waals surface area contributed by atoms with Gasteiger partial charge in [0.15, 0.2) is 6.04 Å². The van der Waals surface area contributed by atoms with Gasteiger partial charge in [-0.2, -0.15) is 0 Å². The first-order valence-corrected chi connectivity index (χ1v) is 9.76. The third-order valence-electron chi connectivity index (χ3n) is 4.79. The van der Waals surface area contributed by atoms with E-state index in [1.54, 1.807) is 4.68 Å². The fourth-order valence-corrected chi connectivity index (χ4v) is 3.29. The second-order valence-electron chi connectivity index (χ2n) is 6.85. The maximum Gasteiger partial charge on any atom is 0.328 e. The molecule has 5 heteroatoms. The van der Waals surface area contributed by atoms with Crippen molar-refractivity contribution in [1.82, 2.24) is 15.0 Å². The molecule has 0 spiro atoms. The molecular weight excluding hydrogens is 314 g/mol. The summed E-state index contributed by atoms with van der Waals surface area (Å²) in [5, 5.41) is 17.7. The summed E-state index contributed by atoms with van der Waals surface area (Å²) in [6.45, 7) is 2.24. The summed E-state index contributed by atoms with van der Waals surface area (Å²) >= 11 is 0.